The lowest BCUT2D eigenvalue weighted by Crippen LogP contribution is -2.45. The molecule has 1 saturated heterocycles. The van der Waals surface area contributed by atoms with Gasteiger partial charge in [0.15, 0.2) is 0 Å². The Morgan fingerprint density at radius 1 is 1.18 bits per heavy atom. The molecule has 3 aromatic rings. The summed E-state index contributed by atoms with van der Waals surface area (Å²) in [5, 5.41) is 8.70. The van der Waals surface area contributed by atoms with Crippen molar-refractivity contribution >= 4 is 23.0 Å². The third kappa shape index (κ3) is 4.21. The molecule has 0 spiro atoms. The van der Waals surface area contributed by atoms with Crippen LogP contribution in [0, 0.1) is 0 Å². The van der Waals surface area contributed by atoms with Gasteiger partial charge >= 0.3 is 6.18 Å². The molecule has 0 saturated carbocycles. The number of aromatic nitrogens is 2. The third-order valence-electron chi connectivity index (χ3n) is 6.29. The van der Waals surface area contributed by atoms with E-state index in [-0.39, 0.29) is 17.7 Å². The van der Waals surface area contributed by atoms with Crippen LogP contribution in [-0.4, -0.2) is 57.4 Å². The van der Waals surface area contributed by atoms with Gasteiger partial charge in [0.2, 0.25) is 0 Å². The van der Waals surface area contributed by atoms with Crippen LogP contribution in [0.25, 0.3) is 5.65 Å². The maximum atomic E-state index is 13.1. The van der Waals surface area contributed by atoms with E-state index in [4.69, 9.17) is 4.74 Å². The number of halogens is 3. The molecule has 1 amide bonds. The van der Waals surface area contributed by atoms with Gasteiger partial charge in [-0.05, 0) is 43.2 Å². The number of ether oxygens (including phenoxy) is 1. The molecule has 0 bridgehead atoms. The Morgan fingerprint density at radius 2 is 2.03 bits per heavy atom. The fourth-order valence-electron chi connectivity index (χ4n) is 4.39. The lowest BCUT2D eigenvalue weighted by atomic mass is 9.95. The summed E-state index contributed by atoms with van der Waals surface area (Å²) in [5.74, 6) is -0.451. The molecule has 2 aliphatic rings. The first-order chi connectivity index (χ1) is 16.3. The smallest absolute Gasteiger partial charge is 0.372 e. The highest BCUT2D eigenvalue weighted by Crippen LogP contribution is 2.30. The number of benzene rings is 1. The maximum Gasteiger partial charge on any atom is 0.416 e. The number of nitrogens with zero attached hydrogens (tertiary/aromatic N) is 5. The van der Waals surface area contributed by atoms with E-state index >= 15 is 0 Å². The number of amides is 1. The normalized spacial score (nSPS) is 20.8. The number of fused-ring (bicyclic) bond motifs is 1. The zero-order valence-corrected chi connectivity index (χ0v) is 18.4. The van der Waals surface area contributed by atoms with Crippen LogP contribution < -0.4 is 0 Å². The molecule has 0 radical (unpaired) electrons. The van der Waals surface area contributed by atoms with E-state index in [1.807, 2.05) is 28.8 Å². The first-order valence-electron chi connectivity index (χ1n) is 10.9. The summed E-state index contributed by atoms with van der Waals surface area (Å²) in [6.07, 6.45) is 0.444. The number of imidazole rings is 1. The molecule has 4 heterocycles. The number of carbonyl (C=O) groups excluding carboxylic acids is 1. The van der Waals surface area contributed by atoms with Crippen LogP contribution in [0.4, 0.5) is 13.2 Å². The average molecular weight is 469 g/mol. The molecule has 0 aliphatic carbocycles. The van der Waals surface area contributed by atoms with Gasteiger partial charge in [-0.2, -0.15) is 23.4 Å². The van der Waals surface area contributed by atoms with E-state index in [2.05, 4.69) is 15.2 Å². The van der Waals surface area contributed by atoms with Crippen LogP contribution >= 0.6 is 0 Å². The van der Waals surface area contributed by atoms with Crippen molar-refractivity contribution in [3.05, 3.63) is 71.7 Å². The summed E-state index contributed by atoms with van der Waals surface area (Å²) in [5.41, 5.74) is 2.40. The molecule has 7 nitrogen and oxygen atoms in total. The largest absolute Gasteiger partial charge is 0.416 e. The highest BCUT2D eigenvalue weighted by atomic mass is 19.4. The van der Waals surface area contributed by atoms with Gasteiger partial charge in [0, 0.05) is 37.9 Å². The first-order valence-corrected chi connectivity index (χ1v) is 10.9. The molecule has 176 valence electrons. The summed E-state index contributed by atoms with van der Waals surface area (Å²) in [7, 11) is 1.62. The minimum Gasteiger partial charge on any atom is -0.372 e. The second kappa shape index (κ2) is 8.68. The van der Waals surface area contributed by atoms with Crippen molar-refractivity contribution in [2.75, 3.05) is 13.7 Å². The van der Waals surface area contributed by atoms with Crippen molar-refractivity contribution in [3.63, 3.8) is 0 Å². The van der Waals surface area contributed by atoms with Crippen molar-refractivity contribution in [1.29, 1.82) is 0 Å². The second-order valence-electron chi connectivity index (χ2n) is 8.42. The quantitative estimate of drug-likeness (QED) is 0.575. The number of hydrogen-bond donors (Lipinski definition) is 0. The Morgan fingerprint density at radius 3 is 2.85 bits per heavy atom. The number of carbonyl (C=O) groups is 1. The molecule has 0 N–H and O–H groups in total. The van der Waals surface area contributed by atoms with Gasteiger partial charge < -0.3 is 9.64 Å². The summed E-state index contributed by atoms with van der Waals surface area (Å²) in [6.45, 7) is 0.416. The Kier molecular flexibility index (Phi) is 5.68. The minimum atomic E-state index is -4.50. The molecular formula is C24H22F3N5O2. The van der Waals surface area contributed by atoms with Gasteiger partial charge in [-0.15, -0.1) is 0 Å². The highest BCUT2D eigenvalue weighted by molar-refractivity contribution is 6.15. The number of pyridine rings is 1. The Bertz CT molecular complexity index is 1300. The molecule has 2 atom stereocenters. The fraction of sp³-hybridized carbons (Fsp3) is 0.333. The second-order valence-corrected chi connectivity index (χ2v) is 8.42. The van der Waals surface area contributed by atoms with Gasteiger partial charge in [0.1, 0.15) is 5.65 Å². The first kappa shape index (κ1) is 22.3. The van der Waals surface area contributed by atoms with Gasteiger partial charge in [-0.25, -0.2) is 4.98 Å². The van der Waals surface area contributed by atoms with Crippen molar-refractivity contribution in [2.24, 2.45) is 10.2 Å². The molecule has 1 aromatic carbocycles. The van der Waals surface area contributed by atoms with E-state index in [0.29, 0.717) is 25.9 Å². The zero-order chi connectivity index (χ0) is 23.9. The van der Waals surface area contributed by atoms with Crippen LogP contribution in [0.5, 0.6) is 0 Å². The van der Waals surface area contributed by atoms with Gasteiger partial charge in [0.05, 0.1) is 35.0 Å². The Labute approximate surface area is 193 Å². The molecule has 2 aromatic heterocycles. The number of rotatable bonds is 4. The van der Waals surface area contributed by atoms with Crippen molar-refractivity contribution in [2.45, 2.75) is 37.6 Å². The molecule has 34 heavy (non-hydrogen) atoms. The summed E-state index contributed by atoms with van der Waals surface area (Å²) in [4.78, 5) is 18.8. The summed E-state index contributed by atoms with van der Waals surface area (Å²) in [6, 6.07) is 10.1. The highest BCUT2D eigenvalue weighted by Gasteiger charge is 2.35. The molecule has 0 unspecified atom stereocenters. The maximum absolute atomic E-state index is 13.1. The van der Waals surface area contributed by atoms with Crippen LogP contribution in [0.3, 0.4) is 0 Å². The van der Waals surface area contributed by atoms with Crippen molar-refractivity contribution in [3.8, 4) is 0 Å². The predicted octanol–water partition coefficient (Wildman–Crippen LogP) is 4.22. The predicted molar refractivity (Wildman–Crippen MR) is 120 cm³/mol. The van der Waals surface area contributed by atoms with Gasteiger partial charge in [-0.3, -0.25) is 9.20 Å². The Balaban J connectivity index is 1.26. The molecular weight excluding hydrogens is 447 g/mol. The van der Waals surface area contributed by atoms with Crippen molar-refractivity contribution in [1.82, 2.24) is 14.3 Å². The fourth-order valence-corrected chi connectivity index (χ4v) is 4.39. The topological polar surface area (TPSA) is 71.6 Å². The lowest BCUT2D eigenvalue weighted by Gasteiger charge is -2.35. The monoisotopic (exact) mass is 469 g/mol. The van der Waals surface area contributed by atoms with E-state index in [1.165, 1.54) is 17.0 Å². The standard InChI is InChI=1S/C24H22F3N5O2/c1-31(23(33)15-5-4-6-16(11-15)24(25,26)27)17-8-10-34-21(12-17)19-13-18(29-30-19)20-14-28-22-7-2-3-9-32(20)22/h2-7,9,11,14,17,21H,8,10,12-13H2,1H3/t17-,21+/m1/s1. The number of alkyl halides is 3. The van der Waals surface area contributed by atoms with Gasteiger partial charge in [0.25, 0.3) is 5.91 Å². The Hall–Kier alpha value is -3.53. The summed E-state index contributed by atoms with van der Waals surface area (Å²) < 4.78 is 47.1. The van der Waals surface area contributed by atoms with Gasteiger partial charge in [-0.1, -0.05) is 12.1 Å². The van der Waals surface area contributed by atoms with E-state index in [0.717, 1.165) is 34.9 Å². The van der Waals surface area contributed by atoms with Crippen LogP contribution in [0.1, 0.15) is 40.9 Å². The number of hydrogen-bond acceptors (Lipinski definition) is 5. The summed E-state index contributed by atoms with van der Waals surface area (Å²) >= 11 is 0. The van der Waals surface area contributed by atoms with Crippen LogP contribution in [0.2, 0.25) is 0 Å². The third-order valence-corrected chi connectivity index (χ3v) is 6.29. The van der Waals surface area contributed by atoms with E-state index in [9.17, 15) is 18.0 Å². The average Bonchev–Trinajstić information content (AvgIpc) is 3.50. The lowest BCUT2D eigenvalue weighted by molar-refractivity contribution is -0.137. The van der Waals surface area contributed by atoms with E-state index in [1.54, 1.807) is 13.2 Å². The van der Waals surface area contributed by atoms with Crippen LogP contribution in [-0.2, 0) is 10.9 Å². The molecule has 2 aliphatic heterocycles. The van der Waals surface area contributed by atoms with Crippen molar-refractivity contribution < 1.29 is 22.7 Å². The SMILES string of the molecule is CN(C(=O)c1cccc(C(F)(F)F)c1)[C@@H]1CCO[C@H](C2=NN=C(c3cnc4ccccn34)C2)C1. The zero-order valence-electron chi connectivity index (χ0n) is 18.4. The molecule has 5 rings (SSSR count). The molecule has 10 heteroatoms. The minimum absolute atomic E-state index is 0.0109. The van der Waals surface area contributed by atoms with E-state index < -0.39 is 17.6 Å². The van der Waals surface area contributed by atoms with Crippen LogP contribution in [0.15, 0.2) is 65.1 Å². The molecule has 1 fully saturated rings.